The van der Waals surface area contributed by atoms with Gasteiger partial charge in [-0.2, -0.15) is 0 Å². The van der Waals surface area contributed by atoms with Gasteiger partial charge >= 0.3 is 5.97 Å². The summed E-state index contributed by atoms with van der Waals surface area (Å²) < 4.78 is 6.49. The average molecular weight is 249 g/mol. The molecule has 7 heteroatoms. The summed E-state index contributed by atoms with van der Waals surface area (Å²) in [6.45, 7) is 3.86. The van der Waals surface area contributed by atoms with Crippen molar-refractivity contribution < 1.29 is 9.53 Å². The van der Waals surface area contributed by atoms with E-state index in [2.05, 4.69) is 20.5 Å². The molecule has 18 heavy (non-hydrogen) atoms. The number of fused-ring (bicyclic) bond motifs is 1. The first-order valence-corrected chi connectivity index (χ1v) is 5.62. The van der Waals surface area contributed by atoms with Crippen molar-refractivity contribution in [3.05, 3.63) is 18.7 Å². The Morgan fingerprint density at radius 1 is 1.50 bits per heavy atom. The lowest BCUT2D eigenvalue weighted by Crippen LogP contribution is -2.36. The maximum Gasteiger partial charge on any atom is 0.328 e. The van der Waals surface area contributed by atoms with E-state index in [0.717, 1.165) is 0 Å². The molecular formula is C11H15N5O2. The number of hydrogen-bond donors (Lipinski definition) is 1. The van der Waals surface area contributed by atoms with Crippen molar-refractivity contribution in [2.45, 2.75) is 19.9 Å². The summed E-state index contributed by atoms with van der Waals surface area (Å²) in [5, 5.41) is 10.8. The summed E-state index contributed by atoms with van der Waals surface area (Å²) in [4.78, 5) is 15.9. The molecule has 0 aromatic carbocycles. The number of rotatable bonds is 4. The molecule has 0 bridgehead atoms. The first-order chi connectivity index (χ1) is 8.63. The van der Waals surface area contributed by atoms with Gasteiger partial charge in [-0.1, -0.05) is 13.8 Å². The smallest absolute Gasteiger partial charge is 0.328 e. The fourth-order valence-corrected chi connectivity index (χ4v) is 1.63. The van der Waals surface area contributed by atoms with Crippen molar-refractivity contribution in [1.29, 1.82) is 0 Å². The second-order valence-electron chi connectivity index (χ2n) is 4.23. The van der Waals surface area contributed by atoms with Crippen LogP contribution in [-0.4, -0.2) is 38.7 Å². The molecule has 2 aromatic heterocycles. The topological polar surface area (TPSA) is 81.4 Å². The van der Waals surface area contributed by atoms with Gasteiger partial charge < -0.3 is 10.1 Å². The van der Waals surface area contributed by atoms with Gasteiger partial charge in [-0.25, -0.2) is 9.78 Å². The van der Waals surface area contributed by atoms with Gasteiger partial charge in [0.15, 0.2) is 5.82 Å². The molecule has 0 amide bonds. The van der Waals surface area contributed by atoms with Crippen LogP contribution in [0.5, 0.6) is 0 Å². The molecular weight excluding hydrogens is 234 g/mol. The predicted molar refractivity (Wildman–Crippen MR) is 65.0 cm³/mol. The third kappa shape index (κ3) is 2.24. The Bertz CT molecular complexity index is 551. The molecule has 96 valence electrons. The predicted octanol–water partition coefficient (Wildman–Crippen LogP) is 0.734. The molecule has 0 spiro atoms. The number of nitrogens with zero attached hydrogens (tertiary/aromatic N) is 4. The van der Waals surface area contributed by atoms with E-state index in [4.69, 9.17) is 4.74 Å². The highest BCUT2D eigenvalue weighted by Gasteiger charge is 2.24. The number of nitrogens with one attached hydrogen (secondary N) is 1. The molecule has 0 aliphatic carbocycles. The van der Waals surface area contributed by atoms with Crippen LogP contribution in [0.2, 0.25) is 0 Å². The molecule has 1 atom stereocenters. The summed E-state index contributed by atoms with van der Waals surface area (Å²) in [6, 6.07) is -0.467. The highest BCUT2D eigenvalue weighted by Crippen LogP contribution is 2.15. The van der Waals surface area contributed by atoms with Crippen LogP contribution < -0.4 is 5.32 Å². The second-order valence-corrected chi connectivity index (χ2v) is 4.23. The zero-order valence-electron chi connectivity index (χ0n) is 10.5. The lowest BCUT2D eigenvalue weighted by molar-refractivity contribution is -0.142. The number of ether oxygens (including phenoxy) is 1. The van der Waals surface area contributed by atoms with Crippen LogP contribution in [0.25, 0.3) is 5.65 Å². The summed E-state index contributed by atoms with van der Waals surface area (Å²) in [6.07, 6.45) is 4.93. The molecule has 1 unspecified atom stereocenters. The normalized spacial score (nSPS) is 12.7. The Morgan fingerprint density at radius 2 is 2.28 bits per heavy atom. The van der Waals surface area contributed by atoms with Gasteiger partial charge in [-0.3, -0.25) is 4.40 Å². The van der Waals surface area contributed by atoms with Crippen molar-refractivity contribution in [3.8, 4) is 0 Å². The van der Waals surface area contributed by atoms with E-state index in [1.54, 1.807) is 23.1 Å². The minimum absolute atomic E-state index is 0.0717. The fraction of sp³-hybridized carbons (Fsp3) is 0.455. The number of carbonyl (C=O) groups is 1. The van der Waals surface area contributed by atoms with E-state index in [9.17, 15) is 4.79 Å². The van der Waals surface area contributed by atoms with E-state index in [1.165, 1.54) is 7.11 Å². The van der Waals surface area contributed by atoms with Gasteiger partial charge in [0.2, 0.25) is 5.65 Å². The lowest BCUT2D eigenvalue weighted by atomic mass is 10.0. The zero-order valence-corrected chi connectivity index (χ0v) is 10.5. The molecule has 0 radical (unpaired) electrons. The Kier molecular flexibility index (Phi) is 3.40. The molecule has 0 fully saturated rings. The summed E-state index contributed by atoms with van der Waals surface area (Å²) in [7, 11) is 1.37. The third-order valence-electron chi connectivity index (χ3n) is 2.63. The van der Waals surface area contributed by atoms with E-state index >= 15 is 0 Å². The largest absolute Gasteiger partial charge is 0.467 e. The highest BCUT2D eigenvalue weighted by atomic mass is 16.5. The number of aromatic nitrogens is 4. The van der Waals surface area contributed by atoms with Crippen LogP contribution in [0.4, 0.5) is 5.82 Å². The van der Waals surface area contributed by atoms with Crippen molar-refractivity contribution in [2.24, 2.45) is 5.92 Å². The Balaban J connectivity index is 2.31. The number of methoxy groups -OCH3 is 1. The number of hydrogen-bond acceptors (Lipinski definition) is 6. The van der Waals surface area contributed by atoms with Crippen molar-refractivity contribution in [2.75, 3.05) is 12.4 Å². The Hall–Kier alpha value is -2.18. The second kappa shape index (κ2) is 4.99. The highest BCUT2D eigenvalue weighted by molar-refractivity contribution is 5.80. The zero-order chi connectivity index (χ0) is 13.1. The fourth-order valence-electron chi connectivity index (χ4n) is 1.63. The van der Waals surface area contributed by atoms with Crippen LogP contribution in [0.15, 0.2) is 18.7 Å². The monoisotopic (exact) mass is 249 g/mol. The summed E-state index contributed by atoms with van der Waals surface area (Å²) in [5.41, 5.74) is 0.576. The van der Waals surface area contributed by atoms with Gasteiger partial charge in [0.1, 0.15) is 12.4 Å². The molecule has 7 nitrogen and oxygen atoms in total. The minimum atomic E-state index is -0.467. The van der Waals surface area contributed by atoms with Gasteiger partial charge in [0.25, 0.3) is 0 Å². The first kappa shape index (κ1) is 12.3. The first-order valence-electron chi connectivity index (χ1n) is 5.62. The van der Waals surface area contributed by atoms with E-state index in [0.29, 0.717) is 11.5 Å². The van der Waals surface area contributed by atoms with Gasteiger partial charge in [0.05, 0.1) is 7.11 Å². The summed E-state index contributed by atoms with van der Waals surface area (Å²) in [5.74, 6) is 0.259. The van der Waals surface area contributed by atoms with Gasteiger partial charge in [-0.05, 0) is 5.92 Å². The summed E-state index contributed by atoms with van der Waals surface area (Å²) >= 11 is 0. The molecule has 0 aliphatic heterocycles. The number of esters is 1. The van der Waals surface area contributed by atoms with E-state index in [-0.39, 0.29) is 11.9 Å². The molecule has 2 heterocycles. The van der Waals surface area contributed by atoms with Crippen LogP contribution in [0, 0.1) is 5.92 Å². The molecule has 1 N–H and O–H groups in total. The van der Waals surface area contributed by atoms with Gasteiger partial charge in [-0.15, -0.1) is 10.2 Å². The molecule has 0 saturated heterocycles. The molecule has 2 rings (SSSR count). The van der Waals surface area contributed by atoms with E-state index < -0.39 is 6.04 Å². The number of carbonyl (C=O) groups excluding carboxylic acids is 1. The minimum Gasteiger partial charge on any atom is -0.467 e. The molecule has 0 aliphatic rings. The van der Waals surface area contributed by atoms with Crippen LogP contribution in [-0.2, 0) is 9.53 Å². The van der Waals surface area contributed by atoms with Gasteiger partial charge in [0, 0.05) is 12.4 Å². The lowest BCUT2D eigenvalue weighted by Gasteiger charge is -2.20. The van der Waals surface area contributed by atoms with Crippen LogP contribution in [0.1, 0.15) is 13.8 Å². The SMILES string of the molecule is COC(=O)C(Nc1nccn2cnnc12)C(C)C. The maximum atomic E-state index is 11.7. The van der Waals surface area contributed by atoms with Crippen molar-refractivity contribution in [3.63, 3.8) is 0 Å². The Labute approximate surface area is 104 Å². The standard InChI is InChI=1S/C11H15N5O2/c1-7(2)8(11(17)18-3)14-9-10-15-13-6-16(10)5-4-12-9/h4-8H,1-3H3,(H,12,14). The van der Waals surface area contributed by atoms with Crippen LogP contribution in [0.3, 0.4) is 0 Å². The third-order valence-corrected chi connectivity index (χ3v) is 2.63. The van der Waals surface area contributed by atoms with E-state index in [1.807, 2.05) is 13.8 Å². The number of anilines is 1. The molecule has 0 saturated carbocycles. The van der Waals surface area contributed by atoms with Crippen LogP contribution >= 0.6 is 0 Å². The van der Waals surface area contributed by atoms with Crippen molar-refractivity contribution >= 4 is 17.4 Å². The maximum absolute atomic E-state index is 11.7. The average Bonchev–Trinajstić information content (AvgIpc) is 2.83. The Morgan fingerprint density at radius 3 is 2.94 bits per heavy atom. The quantitative estimate of drug-likeness (QED) is 0.805. The molecule has 2 aromatic rings. The van der Waals surface area contributed by atoms with Crippen molar-refractivity contribution in [1.82, 2.24) is 19.6 Å².